The third kappa shape index (κ3) is 2.50. The zero-order chi connectivity index (χ0) is 15.0. The van der Waals surface area contributed by atoms with Gasteiger partial charge < -0.3 is 9.73 Å². The van der Waals surface area contributed by atoms with Crippen molar-refractivity contribution in [3.63, 3.8) is 0 Å². The maximum absolute atomic E-state index is 6.30. The lowest BCUT2D eigenvalue weighted by Gasteiger charge is -2.15. The Kier molecular flexibility index (Phi) is 4.06. The standard InChI is InChI=1S/C15H15BrClN3O/c1-3-20-14(11(17)8-19-20)13(18-2)12-7-9-5-4-6-10(16)15(9)21-12/h4-8,13,18H,3H2,1-2H3. The molecule has 0 aliphatic carbocycles. The molecule has 0 saturated heterocycles. The van der Waals surface area contributed by atoms with Crippen LogP contribution in [0.1, 0.15) is 24.4 Å². The van der Waals surface area contributed by atoms with E-state index >= 15 is 0 Å². The minimum absolute atomic E-state index is 0.140. The summed E-state index contributed by atoms with van der Waals surface area (Å²) in [5, 5.41) is 9.25. The molecule has 2 heterocycles. The van der Waals surface area contributed by atoms with Crippen molar-refractivity contribution in [2.45, 2.75) is 19.5 Å². The van der Waals surface area contributed by atoms with E-state index in [0.717, 1.165) is 33.4 Å². The number of benzene rings is 1. The van der Waals surface area contributed by atoms with E-state index in [0.29, 0.717) is 5.02 Å². The van der Waals surface area contributed by atoms with Crippen LogP contribution in [0.4, 0.5) is 0 Å². The number of fused-ring (bicyclic) bond motifs is 1. The lowest BCUT2D eigenvalue weighted by molar-refractivity contribution is 0.464. The highest BCUT2D eigenvalue weighted by Crippen LogP contribution is 2.34. The van der Waals surface area contributed by atoms with Gasteiger partial charge in [-0.1, -0.05) is 23.7 Å². The number of aromatic nitrogens is 2. The van der Waals surface area contributed by atoms with Crippen LogP contribution in [0, 0.1) is 0 Å². The van der Waals surface area contributed by atoms with Crippen LogP contribution >= 0.6 is 27.5 Å². The molecule has 0 radical (unpaired) electrons. The fraction of sp³-hybridized carbons (Fsp3) is 0.267. The molecular weight excluding hydrogens is 354 g/mol. The quantitative estimate of drug-likeness (QED) is 0.743. The smallest absolute Gasteiger partial charge is 0.148 e. The second-order valence-electron chi connectivity index (χ2n) is 4.72. The van der Waals surface area contributed by atoms with Crippen molar-refractivity contribution in [1.82, 2.24) is 15.1 Å². The Hall–Kier alpha value is -1.30. The molecule has 6 heteroatoms. The summed E-state index contributed by atoms with van der Waals surface area (Å²) in [6.07, 6.45) is 1.67. The highest BCUT2D eigenvalue weighted by molar-refractivity contribution is 9.10. The van der Waals surface area contributed by atoms with Crippen LogP contribution < -0.4 is 5.32 Å². The second-order valence-corrected chi connectivity index (χ2v) is 5.98. The summed E-state index contributed by atoms with van der Waals surface area (Å²) in [7, 11) is 1.89. The third-order valence-corrected chi connectivity index (χ3v) is 4.41. The van der Waals surface area contributed by atoms with E-state index < -0.39 is 0 Å². The largest absolute Gasteiger partial charge is 0.458 e. The van der Waals surface area contributed by atoms with Gasteiger partial charge in [-0.2, -0.15) is 5.10 Å². The van der Waals surface area contributed by atoms with Crippen molar-refractivity contribution < 1.29 is 4.42 Å². The Labute approximate surface area is 136 Å². The Balaban J connectivity index is 2.14. The Bertz CT molecular complexity index is 780. The van der Waals surface area contributed by atoms with Gasteiger partial charge in [0.25, 0.3) is 0 Å². The fourth-order valence-corrected chi connectivity index (χ4v) is 3.23. The molecule has 1 atom stereocenters. The maximum atomic E-state index is 6.30. The van der Waals surface area contributed by atoms with E-state index in [2.05, 4.69) is 26.3 Å². The Morgan fingerprint density at radius 3 is 2.95 bits per heavy atom. The molecule has 1 unspecified atom stereocenters. The maximum Gasteiger partial charge on any atom is 0.148 e. The molecule has 110 valence electrons. The molecule has 1 aromatic carbocycles. The summed E-state index contributed by atoms with van der Waals surface area (Å²) in [6, 6.07) is 7.87. The van der Waals surface area contributed by atoms with E-state index in [-0.39, 0.29) is 6.04 Å². The van der Waals surface area contributed by atoms with Gasteiger partial charge in [-0.25, -0.2) is 0 Å². The summed E-state index contributed by atoms with van der Waals surface area (Å²) in [6.45, 7) is 2.79. The summed E-state index contributed by atoms with van der Waals surface area (Å²) in [4.78, 5) is 0. The van der Waals surface area contributed by atoms with Gasteiger partial charge in [-0.3, -0.25) is 4.68 Å². The van der Waals surface area contributed by atoms with Crippen LogP contribution in [-0.2, 0) is 6.54 Å². The highest BCUT2D eigenvalue weighted by Gasteiger charge is 2.24. The number of furan rings is 1. The van der Waals surface area contributed by atoms with E-state index in [1.54, 1.807) is 6.20 Å². The molecule has 2 aromatic heterocycles. The van der Waals surface area contributed by atoms with Crippen LogP contribution in [-0.4, -0.2) is 16.8 Å². The zero-order valence-corrected chi connectivity index (χ0v) is 14.1. The van der Waals surface area contributed by atoms with E-state index in [4.69, 9.17) is 16.0 Å². The molecule has 0 amide bonds. The topological polar surface area (TPSA) is 43.0 Å². The molecule has 0 fully saturated rings. The van der Waals surface area contributed by atoms with Crippen LogP contribution in [0.3, 0.4) is 0 Å². The van der Waals surface area contributed by atoms with Crippen molar-refractivity contribution >= 4 is 38.5 Å². The van der Waals surface area contributed by atoms with Crippen molar-refractivity contribution in [1.29, 1.82) is 0 Å². The third-order valence-electron chi connectivity index (χ3n) is 3.49. The van der Waals surface area contributed by atoms with Gasteiger partial charge in [0.2, 0.25) is 0 Å². The molecule has 0 saturated carbocycles. The zero-order valence-electron chi connectivity index (χ0n) is 11.7. The Morgan fingerprint density at radius 1 is 1.48 bits per heavy atom. The molecule has 21 heavy (non-hydrogen) atoms. The molecule has 0 bridgehead atoms. The van der Waals surface area contributed by atoms with Crippen molar-refractivity contribution in [3.05, 3.63) is 51.4 Å². The van der Waals surface area contributed by atoms with Crippen molar-refractivity contribution in [2.75, 3.05) is 7.05 Å². The summed E-state index contributed by atoms with van der Waals surface area (Å²) >= 11 is 9.82. The minimum atomic E-state index is -0.140. The van der Waals surface area contributed by atoms with Gasteiger partial charge >= 0.3 is 0 Å². The number of nitrogens with one attached hydrogen (secondary N) is 1. The number of nitrogens with zero attached hydrogens (tertiary/aromatic N) is 2. The molecule has 1 N–H and O–H groups in total. The summed E-state index contributed by atoms with van der Waals surface area (Å²) < 4.78 is 8.84. The van der Waals surface area contributed by atoms with Crippen LogP contribution in [0.15, 0.2) is 39.4 Å². The van der Waals surface area contributed by atoms with Gasteiger partial charge in [0.05, 0.1) is 21.4 Å². The number of hydrogen-bond acceptors (Lipinski definition) is 3. The first kappa shape index (κ1) is 14.6. The normalized spacial score (nSPS) is 13.0. The van der Waals surface area contributed by atoms with Gasteiger partial charge in [-0.05, 0) is 42.0 Å². The average molecular weight is 369 g/mol. The number of para-hydroxylation sites is 1. The molecular formula is C15H15BrClN3O. The second kappa shape index (κ2) is 5.83. The minimum Gasteiger partial charge on any atom is -0.458 e. The van der Waals surface area contributed by atoms with Gasteiger partial charge in [-0.15, -0.1) is 0 Å². The average Bonchev–Trinajstić information content (AvgIpc) is 3.06. The number of halogens is 2. The lowest BCUT2D eigenvalue weighted by atomic mass is 10.1. The molecule has 0 aliphatic heterocycles. The fourth-order valence-electron chi connectivity index (χ4n) is 2.51. The predicted octanol–water partition coefficient (Wildman–Crippen LogP) is 4.37. The summed E-state index contributed by atoms with van der Waals surface area (Å²) in [5.74, 6) is 0.816. The van der Waals surface area contributed by atoms with E-state index in [9.17, 15) is 0 Å². The highest BCUT2D eigenvalue weighted by atomic mass is 79.9. The van der Waals surface area contributed by atoms with E-state index in [1.807, 2.05) is 42.9 Å². The number of aryl methyl sites for hydroxylation is 1. The molecule has 4 nitrogen and oxygen atoms in total. The first-order chi connectivity index (χ1) is 10.2. The van der Waals surface area contributed by atoms with Crippen LogP contribution in [0.5, 0.6) is 0 Å². The first-order valence-corrected chi connectivity index (χ1v) is 7.89. The molecule has 0 aliphatic rings. The molecule has 3 aromatic rings. The van der Waals surface area contributed by atoms with Crippen LogP contribution in [0.2, 0.25) is 5.02 Å². The van der Waals surface area contributed by atoms with Crippen molar-refractivity contribution in [3.8, 4) is 0 Å². The predicted molar refractivity (Wildman–Crippen MR) is 87.7 cm³/mol. The molecule has 3 rings (SSSR count). The van der Waals surface area contributed by atoms with Crippen molar-refractivity contribution in [2.24, 2.45) is 0 Å². The number of hydrogen-bond donors (Lipinski definition) is 1. The van der Waals surface area contributed by atoms with Gasteiger partial charge in [0, 0.05) is 11.9 Å². The monoisotopic (exact) mass is 367 g/mol. The SMILES string of the molecule is CCn1ncc(Cl)c1C(NC)c1cc2cccc(Br)c2o1. The Morgan fingerprint density at radius 2 is 2.29 bits per heavy atom. The van der Waals surface area contributed by atoms with Gasteiger partial charge in [0.15, 0.2) is 0 Å². The van der Waals surface area contributed by atoms with Crippen LogP contribution in [0.25, 0.3) is 11.0 Å². The summed E-state index contributed by atoms with van der Waals surface area (Å²) in [5.41, 5.74) is 1.75. The van der Waals surface area contributed by atoms with Gasteiger partial charge in [0.1, 0.15) is 17.4 Å². The lowest BCUT2D eigenvalue weighted by Crippen LogP contribution is -2.21. The molecule has 0 spiro atoms. The number of rotatable bonds is 4. The van der Waals surface area contributed by atoms with E-state index in [1.165, 1.54) is 0 Å². The first-order valence-electron chi connectivity index (χ1n) is 6.72.